The standard InChI is InChI=1S/C15H21N3O/c16-12-4-5-13-11(9-12)3-6-14(13)17-7-8-18-15(19)10-1-2-10/h4-5,9-10,14,17H,1-3,6-8,16H2,(H,18,19). The first-order valence-electron chi connectivity index (χ1n) is 7.13. The molecule has 4 N–H and O–H groups in total. The summed E-state index contributed by atoms with van der Waals surface area (Å²) in [4.78, 5) is 11.5. The number of hydrogen-bond acceptors (Lipinski definition) is 3. The van der Waals surface area contributed by atoms with E-state index in [0.717, 1.165) is 44.5 Å². The molecule has 2 aliphatic carbocycles. The van der Waals surface area contributed by atoms with Crippen molar-refractivity contribution in [2.45, 2.75) is 31.7 Å². The van der Waals surface area contributed by atoms with E-state index in [1.54, 1.807) is 0 Å². The highest BCUT2D eigenvalue weighted by atomic mass is 16.2. The van der Waals surface area contributed by atoms with E-state index in [9.17, 15) is 4.79 Å². The van der Waals surface area contributed by atoms with E-state index < -0.39 is 0 Å². The van der Waals surface area contributed by atoms with Crippen molar-refractivity contribution in [3.63, 3.8) is 0 Å². The van der Waals surface area contributed by atoms with Crippen LogP contribution in [0.2, 0.25) is 0 Å². The molecule has 4 nitrogen and oxygen atoms in total. The van der Waals surface area contributed by atoms with Crippen LogP contribution >= 0.6 is 0 Å². The predicted octanol–water partition coefficient (Wildman–Crippen LogP) is 1.37. The minimum Gasteiger partial charge on any atom is -0.399 e. The van der Waals surface area contributed by atoms with Gasteiger partial charge in [-0.25, -0.2) is 0 Å². The number of nitrogens with two attached hydrogens (primary N) is 1. The topological polar surface area (TPSA) is 67.2 Å². The van der Waals surface area contributed by atoms with Gasteiger partial charge >= 0.3 is 0 Å². The van der Waals surface area contributed by atoms with Crippen LogP contribution in [0.4, 0.5) is 5.69 Å². The van der Waals surface area contributed by atoms with E-state index in [1.807, 2.05) is 6.07 Å². The molecule has 0 heterocycles. The van der Waals surface area contributed by atoms with Crippen LogP contribution in [-0.2, 0) is 11.2 Å². The first kappa shape index (κ1) is 12.5. The monoisotopic (exact) mass is 259 g/mol. The van der Waals surface area contributed by atoms with Gasteiger partial charge in [-0.2, -0.15) is 0 Å². The second kappa shape index (κ2) is 5.21. The summed E-state index contributed by atoms with van der Waals surface area (Å²) in [6.45, 7) is 1.54. The van der Waals surface area contributed by atoms with Crippen LogP contribution in [0, 0.1) is 5.92 Å². The molecule has 0 radical (unpaired) electrons. The fraction of sp³-hybridized carbons (Fsp3) is 0.533. The number of carbonyl (C=O) groups excluding carboxylic acids is 1. The Bertz CT molecular complexity index is 482. The number of benzene rings is 1. The number of fused-ring (bicyclic) bond motifs is 1. The minimum absolute atomic E-state index is 0.224. The van der Waals surface area contributed by atoms with Crippen molar-refractivity contribution in [2.75, 3.05) is 18.8 Å². The summed E-state index contributed by atoms with van der Waals surface area (Å²) in [6, 6.07) is 6.57. The van der Waals surface area contributed by atoms with Crippen LogP contribution in [0.15, 0.2) is 18.2 Å². The number of hydrogen-bond donors (Lipinski definition) is 3. The zero-order valence-electron chi connectivity index (χ0n) is 11.1. The molecule has 0 aliphatic heterocycles. The number of nitrogens with one attached hydrogen (secondary N) is 2. The van der Waals surface area contributed by atoms with Crippen LogP contribution in [0.3, 0.4) is 0 Å². The van der Waals surface area contributed by atoms with Gasteiger partial charge in [-0.1, -0.05) is 6.07 Å². The van der Waals surface area contributed by atoms with Crippen molar-refractivity contribution in [1.82, 2.24) is 10.6 Å². The predicted molar refractivity (Wildman–Crippen MR) is 75.7 cm³/mol. The molecule has 102 valence electrons. The molecule has 1 amide bonds. The van der Waals surface area contributed by atoms with E-state index in [0.29, 0.717) is 12.0 Å². The van der Waals surface area contributed by atoms with Crippen LogP contribution in [0.25, 0.3) is 0 Å². The van der Waals surface area contributed by atoms with Crippen molar-refractivity contribution < 1.29 is 4.79 Å². The Balaban J connectivity index is 1.45. The molecule has 19 heavy (non-hydrogen) atoms. The largest absolute Gasteiger partial charge is 0.399 e. The molecule has 1 aromatic carbocycles. The normalized spacial score (nSPS) is 21.2. The maximum atomic E-state index is 11.5. The van der Waals surface area contributed by atoms with Crippen molar-refractivity contribution in [1.29, 1.82) is 0 Å². The summed E-state index contributed by atoms with van der Waals surface area (Å²) >= 11 is 0. The Labute approximate surface area is 113 Å². The van der Waals surface area contributed by atoms with Gasteiger partial charge < -0.3 is 16.4 Å². The summed E-state index contributed by atoms with van der Waals surface area (Å²) < 4.78 is 0. The van der Waals surface area contributed by atoms with Crippen molar-refractivity contribution in [3.8, 4) is 0 Å². The summed E-state index contributed by atoms with van der Waals surface area (Å²) in [5.41, 5.74) is 9.37. The second-order valence-corrected chi connectivity index (χ2v) is 5.57. The van der Waals surface area contributed by atoms with Crippen molar-refractivity contribution in [3.05, 3.63) is 29.3 Å². The summed E-state index contributed by atoms with van der Waals surface area (Å²) in [5, 5.41) is 6.50. The molecule has 4 heteroatoms. The summed E-state index contributed by atoms with van der Waals surface area (Å²) in [7, 11) is 0. The molecule has 1 aromatic rings. The molecule has 1 unspecified atom stereocenters. The van der Waals surface area contributed by atoms with Gasteiger partial charge in [0.2, 0.25) is 5.91 Å². The van der Waals surface area contributed by atoms with Gasteiger partial charge in [0.05, 0.1) is 0 Å². The molecule has 0 bridgehead atoms. The van der Waals surface area contributed by atoms with Crippen molar-refractivity contribution in [2.24, 2.45) is 5.92 Å². The number of carbonyl (C=O) groups is 1. The van der Waals surface area contributed by atoms with Crippen LogP contribution in [0.1, 0.15) is 36.4 Å². The first-order chi connectivity index (χ1) is 9.24. The Kier molecular flexibility index (Phi) is 3.42. The lowest BCUT2D eigenvalue weighted by Crippen LogP contribution is -2.33. The number of aryl methyl sites for hydroxylation is 1. The summed E-state index contributed by atoms with van der Waals surface area (Å²) in [6.07, 6.45) is 4.34. The van der Waals surface area contributed by atoms with Gasteiger partial charge in [0.1, 0.15) is 0 Å². The van der Waals surface area contributed by atoms with E-state index in [4.69, 9.17) is 5.73 Å². The van der Waals surface area contributed by atoms with E-state index in [-0.39, 0.29) is 5.91 Å². The SMILES string of the molecule is Nc1ccc2c(c1)CCC2NCCNC(=O)C1CC1. The fourth-order valence-electron chi connectivity index (χ4n) is 2.77. The van der Waals surface area contributed by atoms with Crippen LogP contribution in [0.5, 0.6) is 0 Å². The first-order valence-corrected chi connectivity index (χ1v) is 7.13. The van der Waals surface area contributed by atoms with Crippen LogP contribution < -0.4 is 16.4 Å². The zero-order chi connectivity index (χ0) is 13.2. The highest BCUT2D eigenvalue weighted by molar-refractivity contribution is 5.80. The lowest BCUT2D eigenvalue weighted by Gasteiger charge is -2.14. The molecule has 1 fully saturated rings. The maximum Gasteiger partial charge on any atom is 0.223 e. The minimum atomic E-state index is 0.224. The Hall–Kier alpha value is -1.55. The number of amides is 1. The molecule has 0 saturated heterocycles. The van der Waals surface area contributed by atoms with Crippen LogP contribution in [-0.4, -0.2) is 19.0 Å². The molecule has 0 spiro atoms. The number of anilines is 1. The quantitative estimate of drug-likeness (QED) is 0.552. The lowest BCUT2D eigenvalue weighted by atomic mass is 10.1. The Morgan fingerprint density at radius 3 is 2.89 bits per heavy atom. The third-order valence-electron chi connectivity index (χ3n) is 4.01. The second-order valence-electron chi connectivity index (χ2n) is 5.57. The molecular weight excluding hydrogens is 238 g/mol. The number of rotatable bonds is 5. The molecule has 1 atom stereocenters. The van der Waals surface area contributed by atoms with Gasteiger partial charge in [-0.05, 0) is 48.9 Å². The van der Waals surface area contributed by atoms with Gasteiger partial charge in [0, 0.05) is 30.7 Å². The molecular formula is C15H21N3O. The van der Waals surface area contributed by atoms with Gasteiger partial charge in [-0.3, -0.25) is 4.79 Å². The third kappa shape index (κ3) is 2.89. The van der Waals surface area contributed by atoms with E-state index in [2.05, 4.69) is 22.8 Å². The van der Waals surface area contributed by atoms with E-state index in [1.165, 1.54) is 11.1 Å². The van der Waals surface area contributed by atoms with Gasteiger partial charge in [0.15, 0.2) is 0 Å². The van der Waals surface area contributed by atoms with Crippen molar-refractivity contribution >= 4 is 11.6 Å². The Morgan fingerprint density at radius 2 is 2.11 bits per heavy atom. The average molecular weight is 259 g/mol. The highest BCUT2D eigenvalue weighted by Gasteiger charge is 2.29. The third-order valence-corrected chi connectivity index (χ3v) is 4.01. The van der Waals surface area contributed by atoms with Gasteiger partial charge in [-0.15, -0.1) is 0 Å². The highest BCUT2D eigenvalue weighted by Crippen LogP contribution is 2.32. The maximum absolute atomic E-state index is 11.5. The molecule has 3 rings (SSSR count). The zero-order valence-corrected chi connectivity index (χ0v) is 11.1. The average Bonchev–Trinajstić information content (AvgIpc) is 3.17. The van der Waals surface area contributed by atoms with E-state index >= 15 is 0 Å². The van der Waals surface area contributed by atoms with Gasteiger partial charge in [0.25, 0.3) is 0 Å². The lowest BCUT2D eigenvalue weighted by molar-refractivity contribution is -0.122. The smallest absolute Gasteiger partial charge is 0.223 e. The summed E-state index contributed by atoms with van der Waals surface area (Å²) in [5.74, 6) is 0.525. The fourth-order valence-corrected chi connectivity index (χ4v) is 2.77. The molecule has 1 saturated carbocycles. The molecule has 2 aliphatic rings. The molecule has 0 aromatic heterocycles. The Morgan fingerprint density at radius 1 is 1.26 bits per heavy atom. The number of nitrogen functional groups attached to an aromatic ring is 1.